The van der Waals surface area contributed by atoms with E-state index in [9.17, 15) is 4.79 Å². The minimum atomic E-state index is 0.0586. The Balaban J connectivity index is 1.72. The molecule has 3 aromatic rings. The summed E-state index contributed by atoms with van der Waals surface area (Å²) in [4.78, 5) is 15.0. The molecule has 1 saturated heterocycles. The molecule has 5 heteroatoms. The molecule has 1 aliphatic heterocycles. The highest BCUT2D eigenvalue weighted by molar-refractivity contribution is 6.00. The monoisotopic (exact) mass is 433 g/mol. The van der Waals surface area contributed by atoms with Crippen molar-refractivity contribution in [3.05, 3.63) is 54.3 Å². The molecule has 4 rings (SSSR count). The third kappa shape index (κ3) is 4.38. The van der Waals surface area contributed by atoms with Crippen molar-refractivity contribution in [3.63, 3.8) is 0 Å². The summed E-state index contributed by atoms with van der Waals surface area (Å²) in [6.07, 6.45) is 4.66. The SMILES string of the molecule is COc1cccc(-c2coc3cc(OC)c(/C(C)=C/C(=O)N4CC(C)CC(C)C4)cc23)c1. The van der Waals surface area contributed by atoms with Gasteiger partial charge in [-0.15, -0.1) is 0 Å². The van der Waals surface area contributed by atoms with Crippen molar-refractivity contribution in [2.75, 3.05) is 27.3 Å². The Kier molecular flexibility index (Phi) is 6.26. The van der Waals surface area contributed by atoms with Crippen molar-refractivity contribution in [3.8, 4) is 22.6 Å². The molecule has 0 aliphatic carbocycles. The second-order valence-electron chi connectivity index (χ2n) is 8.95. The number of methoxy groups -OCH3 is 2. The number of allylic oxidation sites excluding steroid dienone is 1. The Morgan fingerprint density at radius 2 is 1.84 bits per heavy atom. The first-order valence-corrected chi connectivity index (χ1v) is 11.1. The highest BCUT2D eigenvalue weighted by atomic mass is 16.5. The minimum absolute atomic E-state index is 0.0586. The van der Waals surface area contributed by atoms with Crippen LogP contribution in [0.4, 0.5) is 0 Å². The van der Waals surface area contributed by atoms with Gasteiger partial charge in [-0.1, -0.05) is 26.0 Å². The lowest BCUT2D eigenvalue weighted by atomic mass is 9.91. The van der Waals surface area contributed by atoms with Crippen molar-refractivity contribution in [1.29, 1.82) is 0 Å². The summed E-state index contributed by atoms with van der Waals surface area (Å²) < 4.78 is 16.9. The molecule has 5 nitrogen and oxygen atoms in total. The van der Waals surface area contributed by atoms with Crippen molar-refractivity contribution in [2.24, 2.45) is 11.8 Å². The van der Waals surface area contributed by atoms with Crippen LogP contribution in [0, 0.1) is 11.8 Å². The highest BCUT2D eigenvalue weighted by Gasteiger charge is 2.25. The Hall–Kier alpha value is -3.21. The Morgan fingerprint density at radius 1 is 1.09 bits per heavy atom. The summed E-state index contributed by atoms with van der Waals surface area (Å²) in [7, 11) is 3.30. The van der Waals surface area contributed by atoms with Crippen LogP contribution >= 0.6 is 0 Å². The van der Waals surface area contributed by atoms with Gasteiger partial charge in [0.05, 0.1) is 20.5 Å². The molecule has 2 heterocycles. The highest BCUT2D eigenvalue weighted by Crippen LogP contribution is 2.38. The largest absolute Gasteiger partial charge is 0.497 e. The van der Waals surface area contributed by atoms with E-state index in [1.54, 1.807) is 26.6 Å². The molecule has 0 radical (unpaired) electrons. The molecule has 2 atom stereocenters. The average molecular weight is 434 g/mol. The first-order valence-electron chi connectivity index (χ1n) is 11.1. The second-order valence-corrected chi connectivity index (χ2v) is 8.95. The Morgan fingerprint density at radius 3 is 2.53 bits per heavy atom. The summed E-state index contributed by atoms with van der Waals surface area (Å²) in [5.41, 5.74) is 4.48. The molecule has 32 heavy (non-hydrogen) atoms. The molecule has 1 aliphatic rings. The molecule has 1 fully saturated rings. The zero-order valence-electron chi connectivity index (χ0n) is 19.5. The van der Waals surface area contributed by atoms with E-state index in [1.807, 2.05) is 48.2 Å². The molecule has 0 spiro atoms. The second kappa shape index (κ2) is 9.11. The van der Waals surface area contributed by atoms with E-state index in [1.165, 1.54) is 6.42 Å². The fourth-order valence-electron chi connectivity index (χ4n) is 4.74. The predicted octanol–water partition coefficient (Wildman–Crippen LogP) is 6.02. The van der Waals surface area contributed by atoms with Crippen LogP contribution in [0.5, 0.6) is 11.5 Å². The Bertz CT molecular complexity index is 1150. The summed E-state index contributed by atoms with van der Waals surface area (Å²) in [5, 5.41) is 0.967. The smallest absolute Gasteiger partial charge is 0.246 e. The number of piperidine rings is 1. The van der Waals surface area contributed by atoms with Gasteiger partial charge in [0.25, 0.3) is 0 Å². The molecule has 168 valence electrons. The lowest BCUT2D eigenvalue weighted by molar-refractivity contribution is -0.128. The fraction of sp³-hybridized carbons (Fsp3) is 0.370. The van der Waals surface area contributed by atoms with Gasteiger partial charge in [0.1, 0.15) is 17.1 Å². The molecular formula is C27H31NO4. The summed E-state index contributed by atoms with van der Waals surface area (Å²) >= 11 is 0. The fourth-order valence-corrected chi connectivity index (χ4v) is 4.74. The first kappa shape index (κ1) is 22.0. The number of amides is 1. The number of ether oxygens (including phenoxy) is 2. The van der Waals surface area contributed by atoms with Gasteiger partial charge in [-0.3, -0.25) is 4.79 Å². The maximum Gasteiger partial charge on any atom is 0.246 e. The van der Waals surface area contributed by atoms with Gasteiger partial charge in [0, 0.05) is 41.7 Å². The number of hydrogen-bond acceptors (Lipinski definition) is 4. The van der Waals surface area contributed by atoms with Gasteiger partial charge in [0.15, 0.2) is 0 Å². The van der Waals surface area contributed by atoms with Crippen LogP contribution in [-0.4, -0.2) is 38.1 Å². The van der Waals surface area contributed by atoms with Crippen molar-refractivity contribution >= 4 is 22.4 Å². The van der Waals surface area contributed by atoms with Gasteiger partial charge in [-0.05, 0) is 54.5 Å². The van der Waals surface area contributed by atoms with Gasteiger partial charge in [-0.25, -0.2) is 0 Å². The third-order valence-corrected chi connectivity index (χ3v) is 6.22. The van der Waals surface area contributed by atoms with Crippen LogP contribution in [0.15, 0.2) is 53.2 Å². The van der Waals surface area contributed by atoms with Crippen molar-refractivity contribution < 1.29 is 18.7 Å². The van der Waals surface area contributed by atoms with E-state index >= 15 is 0 Å². The van der Waals surface area contributed by atoms with Crippen LogP contribution in [0.3, 0.4) is 0 Å². The molecule has 2 aromatic carbocycles. The van der Waals surface area contributed by atoms with Crippen LogP contribution in [0.25, 0.3) is 27.7 Å². The predicted molar refractivity (Wildman–Crippen MR) is 128 cm³/mol. The number of hydrogen-bond donors (Lipinski definition) is 0. The number of likely N-dealkylation sites (tertiary alicyclic amines) is 1. The van der Waals surface area contributed by atoms with Gasteiger partial charge >= 0.3 is 0 Å². The van der Waals surface area contributed by atoms with E-state index in [2.05, 4.69) is 13.8 Å². The summed E-state index contributed by atoms with van der Waals surface area (Å²) in [6, 6.07) is 11.8. The topological polar surface area (TPSA) is 51.9 Å². The number of carbonyl (C=O) groups excluding carboxylic acids is 1. The Labute approximate surface area is 189 Å². The minimum Gasteiger partial charge on any atom is -0.497 e. The van der Waals surface area contributed by atoms with Gasteiger partial charge in [-0.2, -0.15) is 0 Å². The normalized spacial score (nSPS) is 19.3. The lowest BCUT2D eigenvalue weighted by Crippen LogP contribution is -2.41. The van der Waals surface area contributed by atoms with E-state index < -0.39 is 0 Å². The van der Waals surface area contributed by atoms with Crippen LogP contribution < -0.4 is 9.47 Å². The molecule has 0 N–H and O–H groups in total. The van der Waals surface area contributed by atoms with Gasteiger partial charge in [0.2, 0.25) is 5.91 Å². The molecule has 0 saturated carbocycles. The number of carbonyl (C=O) groups is 1. The number of benzene rings is 2. The van der Waals surface area contributed by atoms with E-state index in [0.29, 0.717) is 17.6 Å². The maximum absolute atomic E-state index is 13.0. The summed E-state index contributed by atoms with van der Waals surface area (Å²) in [6.45, 7) is 8.00. The maximum atomic E-state index is 13.0. The van der Waals surface area contributed by atoms with Crippen LogP contribution in [0.1, 0.15) is 32.8 Å². The summed E-state index contributed by atoms with van der Waals surface area (Å²) in [5.74, 6) is 2.59. The number of rotatable bonds is 5. The molecule has 2 unspecified atom stereocenters. The van der Waals surface area contributed by atoms with Gasteiger partial charge < -0.3 is 18.8 Å². The van der Waals surface area contributed by atoms with Crippen molar-refractivity contribution in [1.82, 2.24) is 4.90 Å². The van der Waals surface area contributed by atoms with E-state index in [4.69, 9.17) is 13.9 Å². The third-order valence-electron chi connectivity index (χ3n) is 6.22. The number of furan rings is 1. The van der Waals surface area contributed by atoms with Crippen LogP contribution in [0.2, 0.25) is 0 Å². The zero-order chi connectivity index (χ0) is 22.8. The molecular weight excluding hydrogens is 402 g/mol. The van der Waals surface area contributed by atoms with E-state index in [-0.39, 0.29) is 5.91 Å². The number of nitrogens with zero attached hydrogens (tertiary/aromatic N) is 1. The molecule has 1 aromatic heterocycles. The van der Waals surface area contributed by atoms with Crippen LogP contribution in [-0.2, 0) is 4.79 Å². The molecule has 0 bridgehead atoms. The number of fused-ring (bicyclic) bond motifs is 1. The molecule has 1 amide bonds. The van der Waals surface area contributed by atoms with Crippen molar-refractivity contribution in [2.45, 2.75) is 27.2 Å². The first-order chi connectivity index (χ1) is 15.4. The van der Waals surface area contributed by atoms with E-state index in [0.717, 1.165) is 52.1 Å². The quantitative estimate of drug-likeness (QED) is 0.461. The zero-order valence-corrected chi connectivity index (χ0v) is 19.5. The standard InChI is InChI=1S/C27H31NO4/c1-17-9-18(2)15-28(14-17)27(29)10-19(3)22-12-23-24(16-32-26(23)13-25(22)31-5)20-7-6-8-21(11-20)30-4/h6-8,10-13,16-18H,9,14-15H2,1-5H3/b19-10+. The average Bonchev–Trinajstić information content (AvgIpc) is 3.20. The lowest BCUT2D eigenvalue weighted by Gasteiger charge is -2.34.